The Labute approximate surface area is 119 Å². The number of hydrogen-bond donors (Lipinski definition) is 0. The Morgan fingerprint density at radius 1 is 0.706 bits per heavy atom. The number of rotatable bonds is 4. The van der Waals surface area contributed by atoms with Crippen LogP contribution >= 0.6 is 17.8 Å². The van der Waals surface area contributed by atoms with Gasteiger partial charge in [-0.2, -0.15) is 0 Å². The van der Waals surface area contributed by atoms with E-state index in [1.54, 1.807) is 27.7 Å². The maximum absolute atomic E-state index is 8.46. The molecule has 0 heterocycles. The summed E-state index contributed by atoms with van der Waals surface area (Å²) in [6, 6.07) is 0. The zero-order chi connectivity index (χ0) is 14.4. The molecule has 7 heteroatoms. The molecule has 0 amide bonds. The van der Waals surface area contributed by atoms with Crippen LogP contribution in [-0.2, 0) is 0 Å². The predicted octanol–water partition coefficient (Wildman–Crippen LogP) is 2.01. The molecule has 4 N–H and O–H groups in total. The van der Waals surface area contributed by atoms with Crippen LogP contribution in [0.4, 0.5) is 0 Å². The van der Waals surface area contributed by atoms with Crippen LogP contribution in [0.5, 0.6) is 0 Å². The van der Waals surface area contributed by atoms with Gasteiger partial charge in [0.15, 0.2) is 12.8 Å². The Hall–Kier alpha value is 0.0587. The van der Waals surface area contributed by atoms with Gasteiger partial charge in [0.2, 0.25) is 0 Å². The van der Waals surface area contributed by atoms with Gasteiger partial charge in [-0.25, -0.2) is 0 Å². The van der Waals surface area contributed by atoms with Crippen molar-refractivity contribution in [1.29, 1.82) is 0 Å². The summed E-state index contributed by atoms with van der Waals surface area (Å²) < 4.78 is 0. The third-order valence-electron chi connectivity index (χ3n) is 1.02. The fourth-order valence-electron chi connectivity index (χ4n) is 0.740. The first-order valence-electron chi connectivity index (χ1n) is 4.69. The van der Waals surface area contributed by atoms with Crippen LogP contribution in [0.3, 0.4) is 0 Å². The molecule has 0 aromatic rings. The van der Waals surface area contributed by atoms with Crippen molar-refractivity contribution >= 4 is 59.9 Å². The second-order valence-corrected chi connectivity index (χ2v) is 7.61. The van der Waals surface area contributed by atoms with Crippen LogP contribution in [-0.4, -0.2) is 61.2 Å². The van der Waals surface area contributed by atoms with Gasteiger partial charge >= 0.3 is 59.9 Å². The second kappa shape index (κ2) is 16.1. The zero-order valence-corrected chi connectivity index (χ0v) is 14.8. The molecule has 0 aliphatic heterocycles. The van der Waals surface area contributed by atoms with Crippen LogP contribution < -0.4 is 0 Å². The molecule has 98 valence electrons. The SMILES string of the molecule is CC(=[OH+])CC(C)=[OH+].CC(=[OH+])CC(C)=[OH+].[Cl][Sn][Cl]. The number of carbonyl (C=O) groups excluding carboxylic acids is 4. The second-order valence-electron chi connectivity index (χ2n) is 3.37. The third kappa shape index (κ3) is 48.9. The van der Waals surface area contributed by atoms with E-state index in [1.807, 2.05) is 0 Å². The van der Waals surface area contributed by atoms with Crippen molar-refractivity contribution in [1.82, 2.24) is 0 Å². The first-order valence-corrected chi connectivity index (χ1v) is 11.9. The van der Waals surface area contributed by atoms with Gasteiger partial charge in [-0.1, -0.05) is 0 Å². The van der Waals surface area contributed by atoms with Crippen molar-refractivity contribution < 1.29 is 19.2 Å². The van der Waals surface area contributed by atoms with E-state index in [2.05, 4.69) is 0 Å². The van der Waals surface area contributed by atoms with E-state index >= 15 is 0 Å². The van der Waals surface area contributed by atoms with E-state index in [0.717, 1.165) is 0 Å². The molecule has 4 nitrogen and oxygen atoms in total. The summed E-state index contributed by atoms with van der Waals surface area (Å²) in [4.78, 5) is 33.8. The summed E-state index contributed by atoms with van der Waals surface area (Å²) in [5, 5.41) is 0. The summed E-state index contributed by atoms with van der Waals surface area (Å²) in [6.45, 7) is 6.22. The van der Waals surface area contributed by atoms with Crippen LogP contribution in [0, 0.1) is 0 Å². The van der Waals surface area contributed by atoms with Crippen molar-refractivity contribution in [2.24, 2.45) is 0 Å². The minimum atomic E-state index is -0.826. The van der Waals surface area contributed by atoms with E-state index in [1.165, 1.54) is 0 Å². The fourth-order valence-corrected chi connectivity index (χ4v) is 0.740. The van der Waals surface area contributed by atoms with Crippen molar-refractivity contribution in [2.45, 2.75) is 40.5 Å². The van der Waals surface area contributed by atoms with Gasteiger partial charge < -0.3 is 0 Å². The average molecular weight is 394 g/mol. The van der Waals surface area contributed by atoms with Gasteiger partial charge in [-0.3, -0.25) is 19.2 Å². The molecule has 0 atom stereocenters. The third-order valence-corrected chi connectivity index (χ3v) is 1.02. The van der Waals surface area contributed by atoms with Crippen molar-refractivity contribution in [2.75, 3.05) is 0 Å². The predicted molar refractivity (Wildman–Crippen MR) is 77.2 cm³/mol. The van der Waals surface area contributed by atoms with Gasteiger partial charge in [0.25, 0.3) is 0 Å². The van der Waals surface area contributed by atoms with Gasteiger partial charge in [0, 0.05) is 27.7 Å². The number of ketones is 4. The van der Waals surface area contributed by atoms with Gasteiger partial charge in [-0.05, 0) is 0 Å². The number of halogens is 2. The van der Waals surface area contributed by atoms with Crippen LogP contribution in [0.25, 0.3) is 0 Å². The molecule has 0 saturated heterocycles. The molecule has 0 rings (SSSR count). The molecule has 0 spiro atoms. The van der Waals surface area contributed by atoms with Gasteiger partial charge in [0.1, 0.15) is 0 Å². The topological polar surface area (TPSA) is 85.6 Å². The first-order chi connectivity index (χ1) is 7.67. The molecule has 0 aromatic carbocycles. The molecule has 0 aliphatic carbocycles. The van der Waals surface area contributed by atoms with Crippen molar-refractivity contribution in [3.8, 4) is 0 Å². The maximum atomic E-state index is 8.46. The van der Waals surface area contributed by atoms with E-state index in [4.69, 9.17) is 37.0 Å². The quantitative estimate of drug-likeness (QED) is 0.397. The monoisotopic (exact) mass is 394 g/mol. The molecule has 0 aromatic heterocycles. The van der Waals surface area contributed by atoms with Gasteiger partial charge in [0.05, 0.1) is 0 Å². The normalized spacial score (nSPS) is 7.88. The fraction of sp³-hybridized carbons (Fsp3) is 0.600. The summed E-state index contributed by atoms with van der Waals surface area (Å²) in [5.74, 6) is 1.00. The van der Waals surface area contributed by atoms with E-state index in [0.29, 0.717) is 12.8 Å². The van der Waals surface area contributed by atoms with Crippen molar-refractivity contribution in [3.05, 3.63) is 0 Å². The molecule has 0 fully saturated rings. The molecule has 17 heavy (non-hydrogen) atoms. The molecular formula is C10H20Cl2O4Sn+4. The summed E-state index contributed by atoms with van der Waals surface area (Å²) in [5.41, 5.74) is 0. The Bertz CT molecular complexity index is 217. The van der Waals surface area contributed by atoms with E-state index < -0.39 is 18.9 Å². The molecule has 0 bridgehead atoms. The molecule has 0 saturated carbocycles. The zero-order valence-electron chi connectivity index (χ0n) is 10.5. The standard InChI is InChI=1S/2C5H8O2.2ClH.Sn/c2*1-4(6)3-5(2)7;;;/h2*3H2,1-2H3;2*1H;/q;;;;+2/p+2. The van der Waals surface area contributed by atoms with Crippen molar-refractivity contribution in [3.63, 3.8) is 0 Å². The summed E-state index contributed by atoms with van der Waals surface area (Å²) >= 11 is -0.826. The molecular weight excluding hydrogens is 374 g/mol. The Morgan fingerprint density at radius 3 is 0.824 bits per heavy atom. The molecule has 0 unspecified atom stereocenters. The van der Waals surface area contributed by atoms with Crippen LogP contribution in [0.1, 0.15) is 40.5 Å². The Morgan fingerprint density at radius 2 is 0.824 bits per heavy atom. The number of hydrogen-bond acceptors (Lipinski definition) is 0. The minimum absolute atomic E-state index is 0.250. The Kier molecular flexibility index (Phi) is 21.0. The van der Waals surface area contributed by atoms with E-state index in [9.17, 15) is 0 Å². The van der Waals surface area contributed by atoms with Crippen LogP contribution in [0.2, 0.25) is 0 Å². The summed E-state index contributed by atoms with van der Waals surface area (Å²) in [7, 11) is 9.87. The average Bonchev–Trinajstić information content (AvgIpc) is 1.99. The summed E-state index contributed by atoms with van der Waals surface area (Å²) in [6.07, 6.45) is 0.611. The molecule has 0 aliphatic rings. The van der Waals surface area contributed by atoms with Gasteiger partial charge in [-0.15, -0.1) is 0 Å². The van der Waals surface area contributed by atoms with Crippen LogP contribution in [0.15, 0.2) is 0 Å². The molecule has 2 radical (unpaired) electrons. The Balaban J connectivity index is -0.000000188. The first kappa shape index (κ1) is 22.3. The van der Waals surface area contributed by atoms with E-state index in [-0.39, 0.29) is 23.1 Å².